The lowest BCUT2D eigenvalue weighted by Gasteiger charge is -2.38. The van der Waals surface area contributed by atoms with E-state index in [4.69, 9.17) is 4.74 Å². The fourth-order valence-corrected chi connectivity index (χ4v) is 2.17. The average Bonchev–Trinajstić information content (AvgIpc) is 2.28. The lowest BCUT2D eigenvalue weighted by molar-refractivity contribution is 0.0814. The van der Waals surface area contributed by atoms with E-state index in [0.717, 1.165) is 26.2 Å². The summed E-state index contributed by atoms with van der Waals surface area (Å²) in [6.45, 7) is 17.7. The van der Waals surface area contributed by atoms with Gasteiger partial charge in [-0.05, 0) is 31.8 Å². The van der Waals surface area contributed by atoms with Crippen LogP contribution in [0.3, 0.4) is 0 Å². The van der Waals surface area contributed by atoms with E-state index in [1.807, 2.05) is 0 Å². The van der Waals surface area contributed by atoms with Gasteiger partial charge in [-0.25, -0.2) is 0 Å². The number of likely N-dealkylation sites (N-methyl/N-ethyl adjacent to an activating group) is 1. The first kappa shape index (κ1) is 17.9. The predicted octanol–water partition coefficient (Wildman–Crippen LogP) is 2.76. The topological polar surface area (TPSA) is 24.5 Å². The summed E-state index contributed by atoms with van der Waals surface area (Å²) in [5.74, 6) is 0. The normalized spacial score (nSPS) is 16.0. The monoisotopic (exact) mass is 258 g/mol. The van der Waals surface area contributed by atoms with Gasteiger partial charge in [-0.3, -0.25) is 4.90 Å². The molecule has 1 N–H and O–H groups in total. The summed E-state index contributed by atoms with van der Waals surface area (Å²) in [5, 5.41) is 3.69. The van der Waals surface area contributed by atoms with Crippen LogP contribution < -0.4 is 5.32 Å². The van der Waals surface area contributed by atoms with Gasteiger partial charge < -0.3 is 10.1 Å². The molecule has 0 aromatic carbocycles. The molecule has 0 aromatic heterocycles. The summed E-state index contributed by atoms with van der Waals surface area (Å²) in [7, 11) is 1.78. The van der Waals surface area contributed by atoms with E-state index < -0.39 is 0 Å². The third-order valence-electron chi connectivity index (χ3n) is 3.54. The van der Waals surface area contributed by atoms with Gasteiger partial charge in [0.15, 0.2) is 0 Å². The van der Waals surface area contributed by atoms with Crippen LogP contribution in [0.25, 0.3) is 0 Å². The van der Waals surface area contributed by atoms with Crippen molar-refractivity contribution >= 4 is 0 Å². The van der Waals surface area contributed by atoms with Crippen molar-refractivity contribution in [2.24, 2.45) is 5.41 Å². The highest BCUT2D eigenvalue weighted by molar-refractivity contribution is 4.84. The van der Waals surface area contributed by atoms with Crippen LogP contribution in [0.4, 0.5) is 0 Å². The lowest BCUT2D eigenvalue weighted by Crippen LogP contribution is -2.51. The Labute approximate surface area is 114 Å². The van der Waals surface area contributed by atoms with Gasteiger partial charge in [0.25, 0.3) is 0 Å². The summed E-state index contributed by atoms with van der Waals surface area (Å²) in [5.41, 5.74) is 0.287. The second-order valence-corrected chi connectivity index (χ2v) is 6.26. The zero-order valence-electron chi connectivity index (χ0n) is 13.5. The average molecular weight is 258 g/mol. The van der Waals surface area contributed by atoms with E-state index in [9.17, 15) is 0 Å². The van der Waals surface area contributed by atoms with E-state index in [-0.39, 0.29) is 5.41 Å². The van der Waals surface area contributed by atoms with E-state index in [0.29, 0.717) is 12.1 Å². The Kier molecular flexibility index (Phi) is 8.83. The Morgan fingerprint density at radius 3 is 2.22 bits per heavy atom. The minimum absolute atomic E-state index is 0.287. The van der Waals surface area contributed by atoms with Crippen LogP contribution in [-0.4, -0.2) is 50.3 Å². The number of methoxy groups -OCH3 is 1. The van der Waals surface area contributed by atoms with Crippen molar-refractivity contribution in [2.45, 2.75) is 60.0 Å². The molecule has 3 heteroatoms. The molecule has 0 spiro atoms. The first-order chi connectivity index (χ1) is 8.36. The minimum atomic E-state index is 0.287. The van der Waals surface area contributed by atoms with E-state index in [1.165, 1.54) is 6.42 Å². The number of ether oxygens (including phenoxy) is 1. The Bertz CT molecular complexity index is 201. The predicted molar refractivity (Wildman–Crippen MR) is 80.1 cm³/mol. The van der Waals surface area contributed by atoms with Crippen molar-refractivity contribution in [3.8, 4) is 0 Å². The SMILES string of the molecule is CCCNC(CN(CC)C(C)COC)C(C)(C)C. The number of nitrogens with one attached hydrogen (secondary N) is 1. The van der Waals surface area contributed by atoms with E-state index in [2.05, 4.69) is 51.8 Å². The molecular weight excluding hydrogens is 224 g/mol. The number of nitrogens with zero attached hydrogens (tertiary/aromatic N) is 1. The highest BCUT2D eigenvalue weighted by Crippen LogP contribution is 2.21. The van der Waals surface area contributed by atoms with Gasteiger partial charge in [0, 0.05) is 25.7 Å². The maximum Gasteiger partial charge on any atom is 0.0615 e. The van der Waals surface area contributed by atoms with Gasteiger partial charge >= 0.3 is 0 Å². The number of hydrogen-bond acceptors (Lipinski definition) is 3. The van der Waals surface area contributed by atoms with Gasteiger partial charge in [0.2, 0.25) is 0 Å². The van der Waals surface area contributed by atoms with E-state index in [1.54, 1.807) is 7.11 Å². The Hall–Kier alpha value is -0.120. The Morgan fingerprint density at radius 1 is 1.22 bits per heavy atom. The van der Waals surface area contributed by atoms with Gasteiger partial charge in [-0.15, -0.1) is 0 Å². The molecular formula is C15H34N2O. The third-order valence-corrected chi connectivity index (χ3v) is 3.54. The quantitative estimate of drug-likeness (QED) is 0.688. The van der Waals surface area contributed by atoms with Gasteiger partial charge in [0.1, 0.15) is 0 Å². The summed E-state index contributed by atoms with van der Waals surface area (Å²) >= 11 is 0. The van der Waals surface area contributed by atoms with Crippen molar-refractivity contribution in [1.82, 2.24) is 10.2 Å². The number of rotatable bonds is 9. The largest absolute Gasteiger partial charge is 0.383 e. The molecule has 0 aliphatic carbocycles. The molecule has 0 saturated heterocycles. The highest BCUT2D eigenvalue weighted by Gasteiger charge is 2.27. The maximum atomic E-state index is 5.27. The second kappa shape index (κ2) is 8.89. The van der Waals surface area contributed by atoms with Crippen molar-refractivity contribution in [1.29, 1.82) is 0 Å². The molecule has 18 heavy (non-hydrogen) atoms. The molecule has 0 amide bonds. The fraction of sp³-hybridized carbons (Fsp3) is 1.00. The maximum absolute atomic E-state index is 5.27. The Morgan fingerprint density at radius 2 is 1.83 bits per heavy atom. The zero-order valence-corrected chi connectivity index (χ0v) is 13.5. The Balaban J connectivity index is 4.51. The summed E-state index contributed by atoms with van der Waals surface area (Å²) in [6, 6.07) is 1.00. The molecule has 0 rings (SSSR count). The third kappa shape index (κ3) is 6.72. The van der Waals surface area contributed by atoms with Crippen LogP contribution in [0, 0.1) is 5.41 Å². The molecule has 110 valence electrons. The molecule has 0 aliphatic rings. The summed E-state index contributed by atoms with van der Waals surface area (Å²) in [4.78, 5) is 2.50. The van der Waals surface area contributed by atoms with Gasteiger partial charge in [-0.1, -0.05) is 34.6 Å². The van der Waals surface area contributed by atoms with Crippen molar-refractivity contribution < 1.29 is 4.74 Å². The van der Waals surface area contributed by atoms with Crippen LogP contribution in [0.5, 0.6) is 0 Å². The van der Waals surface area contributed by atoms with Crippen LogP contribution in [0.2, 0.25) is 0 Å². The van der Waals surface area contributed by atoms with Crippen molar-refractivity contribution in [3.63, 3.8) is 0 Å². The van der Waals surface area contributed by atoms with Gasteiger partial charge in [-0.2, -0.15) is 0 Å². The molecule has 0 radical (unpaired) electrons. The first-order valence-corrected chi connectivity index (χ1v) is 7.33. The summed E-state index contributed by atoms with van der Waals surface area (Å²) < 4.78 is 5.27. The molecule has 0 heterocycles. The molecule has 3 nitrogen and oxygen atoms in total. The van der Waals surface area contributed by atoms with Crippen LogP contribution in [0.15, 0.2) is 0 Å². The molecule has 2 unspecified atom stereocenters. The fourth-order valence-electron chi connectivity index (χ4n) is 2.17. The van der Waals surface area contributed by atoms with Crippen molar-refractivity contribution in [2.75, 3.05) is 33.4 Å². The second-order valence-electron chi connectivity index (χ2n) is 6.26. The van der Waals surface area contributed by atoms with Gasteiger partial charge in [0.05, 0.1) is 6.61 Å². The molecule has 0 bridgehead atoms. The minimum Gasteiger partial charge on any atom is -0.383 e. The molecule has 0 aliphatic heterocycles. The molecule has 0 aromatic rings. The zero-order chi connectivity index (χ0) is 14.2. The molecule has 2 atom stereocenters. The van der Waals surface area contributed by atoms with Crippen LogP contribution in [0.1, 0.15) is 48.0 Å². The number of hydrogen-bond donors (Lipinski definition) is 1. The lowest BCUT2D eigenvalue weighted by atomic mass is 9.86. The standard InChI is InChI=1S/C15H34N2O/c1-8-10-16-14(15(4,5)6)11-17(9-2)13(3)12-18-7/h13-14,16H,8-12H2,1-7H3. The van der Waals surface area contributed by atoms with E-state index >= 15 is 0 Å². The van der Waals surface area contributed by atoms with Crippen molar-refractivity contribution in [3.05, 3.63) is 0 Å². The smallest absolute Gasteiger partial charge is 0.0615 e. The molecule has 0 fully saturated rings. The highest BCUT2D eigenvalue weighted by atomic mass is 16.5. The first-order valence-electron chi connectivity index (χ1n) is 7.33. The van der Waals surface area contributed by atoms with Crippen LogP contribution >= 0.6 is 0 Å². The molecule has 0 saturated carbocycles. The summed E-state index contributed by atoms with van der Waals surface area (Å²) in [6.07, 6.45) is 1.19. The van der Waals surface area contributed by atoms with Crippen LogP contribution in [-0.2, 0) is 4.74 Å².